The second-order valence-corrected chi connectivity index (χ2v) is 11.5. The van der Waals surface area contributed by atoms with Crippen molar-refractivity contribution in [1.82, 2.24) is 5.32 Å². The minimum atomic E-state index is -4.03. The summed E-state index contributed by atoms with van der Waals surface area (Å²) in [6, 6.07) is 20.6. The van der Waals surface area contributed by atoms with Crippen molar-refractivity contribution in [2.45, 2.75) is 36.1 Å². The molecule has 0 spiro atoms. The van der Waals surface area contributed by atoms with Crippen molar-refractivity contribution < 1.29 is 22.7 Å². The number of carbonyl (C=O) groups excluding carboxylic acids is 2. The standard InChI is InChI=1S/C28H31N3O5S2/c1-3-36-24-11-9-22(10-12-24)31(38(34,35)26-15-13-25(37-2)14-16-26)20-27(32)29-19-21-6-4-7-23(18-21)30-17-5-8-28(30)33/h4,6-7,9-16,18H,3,5,8,17,19-20H2,1-2H3,(H,29,32). The van der Waals surface area contributed by atoms with Gasteiger partial charge in [-0.15, -0.1) is 11.8 Å². The van der Waals surface area contributed by atoms with Crippen LogP contribution in [0.1, 0.15) is 25.3 Å². The van der Waals surface area contributed by atoms with E-state index in [1.165, 1.54) is 11.8 Å². The molecule has 0 bridgehead atoms. The number of carbonyl (C=O) groups is 2. The quantitative estimate of drug-likeness (QED) is 0.353. The lowest BCUT2D eigenvalue weighted by Gasteiger charge is -2.24. The molecule has 3 aromatic carbocycles. The molecule has 3 aromatic rings. The lowest BCUT2D eigenvalue weighted by Crippen LogP contribution is -2.40. The maximum atomic E-state index is 13.6. The van der Waals surface area contributed by atoms with Gasteiger partial charge in [-0.2, -0.15) is 0 Å². The molecule has 1 aliphatic heterocycles. The highest BCUT2D eigenvalue weighted by molar-refractivity contribution is 7.98. The van der Waals surface area contributed by atoms with Gasteiger partial charge in [0.2, 0.25) is 11.8 Å². The van der Waals surface area contributed by atoms with Crippen molar-refractivity contribution in [3.8, 4) is 5.75 Å². The van der Waals surface area contributed by atoms with E-state index in [4.69, 9.17) is 4.74 Å². The van der Waals surface area contributed by atoms with Gasteiger partial charge in [0.25, 0.3) is 10.0 Å². The third kappa shape index (κ3) is 6.49. The second-order valence-electron chi connectivity index (χ2n) is 8.71. The van der Waals surface area contributed by atoms with Crippen LogP contribution < -0.4 is 19.3 Å². The molecular weight excluding hydrogens is 522 g/mol. The maximum Gasteiger partial charge on any atom is 0.264 e. The van der Waals surface area contributed by atoms with E-state index in [0.717, 1.165) is 26.9 Å². The number of nitrogens with one attached hydrogen (secondary N) is 1. The number of amides is 2. The number of ether oxygens (including phenoxy) is 1. The van der Waals surface area contributed by atoms with Gasteiger partial charge in [0.1, 0.15) is 12.3 Å². The van der Waals surface area contributed by atoms with Gasteiger partial charge in [0, 0.05) is 30.1 Å². The predicted molar refractivity (Wildman–Crippen MR) is 150 cm³/mol. The van der Waals surface area contributed by atoms with E-state index in [9.17, 15) is 18.0 Å². The molecule has 0 unspecified atom stereocenters. The summed E-state index contributed by atoms with van der Waals surface area (Å²) in [5.74, 6) is 0.248. The average molecular weight is 554 g/mol. The van der Waals surface area contributed by atoms with E-state index in [0.29, 0.717) is 31.0 Å². The van der Waals surface area contributed by atoms with E-state index in [-0.39, 0.29) is 17.3 Å². The monoisotopic (exact) mass is 553 g/mol. The number of hydrogen-bond acceptors (Lipinski definition) is 6. The van der Waals surface area contributed by atoms with E-state index >= 15 is 0 Å². The van der Waals surface area contributed by atoms with Gasteiger partial charge in [-0.25, -0.2) is 8.42 Å². The largest absolute Gasteiger partial charge is 0.494 e. The zero-order valence-corrected chi connectivity index (χ0v) is 23.1. The summed E-state index contributed by atoms with van der Waals surface area (Å²) in [7, 11) is -4.03. The first kappa shape index (κ1) is 27.5. The molecule has 0 aromatic heterocycles. The Balaban J connectivity index is 1.53. The number of anilines is 2. The fourth-order valence-corrected chi connectivity index (χ4v) is 6.04. The van der Waals surface area contributed by atoms with Crippen molar-refractivity contribution in [3.63, 3.8) is 0 Å². The Hall–Kier alpha value is -3.50. The van der Waals surface area contributed by atoms with Crippen molar-refractivity contribution >= 4 is 45.0 Å². The molecule has 1 fully saturated rings. The highest BCUT2D eigenvalue weighted by Gasteiger charge is 2.27. The Morgan fingerprint density at radius 2 is 1.82 bits per heavy atom. The molecule has 4 rings (SSSR count). The van der Waals surface area contributed by atoms with Gasteiger partial charge < -0.3 is 15.0 Å². The van der Waals surface area contributed by atoms with Crippen LogP contribution in [-0.4, -0.2) is 46.2 Å². The first-order chi connectivity index (χ1) is 18.3. The van der Waals surface area contributed by atoms with E-state index < -0.39 is 22.5 Å². The van der Waals surface area contributed by atoms with Gasteiger partial charge in [-0.05, 0) is 85.8 Å². The van der Waals surface area contributed by atoms with Crippen LogP contribution in [-0.2, 0) is 26.2 Å². The summed E-state index contributed by atoms with van der Waals surface area (Å²) in [6.45, 7) is 2.84. The summed E-state index contributed by atoms with van der Waals surface area (Å²) >= 11 is 1.52. The lowest BCUT2D eigenvalue weighted by molar-refractivity contribution is -0.120. The molecule has 2 amide bonds. The number of hydrogen-bond donors (Lipinski definition) is 1. The fourth-order valence-electron chi connectivity index (χ4n) is 4.21. The highest BCUT2D eigenvalue weighted by atomic mass is 32.2. The number of benzene rings is 3. The molecule has 0 aliphatic carbocycles. The van der Waals surface area contributed by atoms with Crippen molar-refractivity contribution in [3.05, 3.63) is 78.4 Å². The topological polar surface area (TPSA) is 96.0 Å². The zero-order chi connectivity index (χ0) is 27.1. The molecule has 1 N–H and O–H groups in total. The van der Waals surface area contributed by atoms with Crippen LogP contribution in [0.25, 0.3) is 0 Å². The molecule has 1 saturated heterocycles. The van der Waals surface area contributed by atoms with Crippen LogP contribution in [0.5, 0.6) is 5.75 Å². The average Bonchev–Trinajstić information content (AvgIpc) is 3.37. The lowest BCUT2D eigenvalue weighted by atomic mass is 10.2. The third-order valence-electron chi connectivity index (χ3n) is 6.16. The van der Waals surface area contributed by atoms with Crippen LogP contribution in [0.4, 0.5) is 11.4 Å². The van der Waals surface area contributed by atoms with E-state index in [1.54, 1.807) is 53.4 Å². The number of rotatable bonds is 11. The van der Waals surface area contributed by atoms with Crippen molar-refractivity contribution in [2.24, 2.45) is 0 Å². The minimum absolute atomic E-state index is 0.0907. The highest BCUT2D eigenvalue weighted by Crippen LogP contribution is 2.27. The SMILES string of the molecule is CCOc1ccc(N(CC(=O)NCc2cccc(N3CCCC3=O)c2)S(=O)(=O)c2ccc(SC)cc2)cc1. The maximum absolute atomic E-state index is 13.6. The van der Waals surface area contributed by atoms with Crippen molar-refractivity contribution in [1.29, 1.82) is 0 Å². The molecule has 8 nitrogen and oxygen atoms in total. The van der Waals surface area contributed by atoms with Gasteiger partial charge in [0.15, 0.2) is 0 Å². The number of sulfonamides is 1. The van der Waals surface area contributed by atoms with Gasteiger partial charge in [-0.3, -0.25) is 13.9 Å². The summed E-state index contributed by atoms with van der Waals surface area (Å²) in [4.78, 5) is 27.9. The first-order valence-corrected chi connectivity index (χ1v) is 15.0. The minimum Gasteiger partial charge on any atom is -0.494 e. The summed E-state index contributed by atoms with van der Waals surface area (Å²) in [5, 5.41) is 2.83. The predicted octanol–water partition coefficient (Wildman–Crippen LogP) is 4.45. The molecule has 0 radical (unpaired) electrons. The van der Waals surface area contributed by atoms with Crippen LogP contribution in [0.3, 0.4) is 0 Å². The van der Waals surface area contributed by atoms with Crippen LogP contribution >= 0.6 is 11.8 Å². The molecule has 1 aliphatic rings. The van der Waals surface area contributed by atoms with Gasteiger partial charge in [0.05, 0.1) is 17.2 Å². The van der Waals surface area contributed by atoms with Crippen LogP contribution in [0.2, 0.25) is 0 Å². The van der Waals surface area contributed by atoms with Crippen LogP contribution in [0, 0.1) is 0 Å². The Labute approximate surface area is 228 Å². The number of nitrogens with zero attached hydrogens (tertiary/aromatic N) is 2. The Morgan fingerprint density at radius 1 is 1.08 bits per heavy atom. The van der Waals surface area contributed by atoms with Gasteiger partial charge in [-0.1, -0.05) is 12.1 Å². The summed E-state index contributed by atoms with van der Waals surface area (Å²) < 4.78 is 33.9. The smallest absolute Gasteiger partial charge is 0.264 e. The normalized spacial score (nSPS) is 13.4. The molecule has 10 heteroatoms. The summed E-state index contributed by atoms with van der Waals surface area (Å²) in [6.07, 6.45) is 3.28. The molecule has 0 saturated carbocycles. The van der Waals surface area contributed by atoms with E-state index in [1.807, 2.05) is 37.4 Å². The van der Waals surface area contributed by atoms with Crippen molar-refractivity contribution in [2.75, 3.05) is 35.2 Å². The summed E-state index contributed by atoms with van der Waals surface area (Å²) in [5.41, 5.74) is 1.97. The molecule has 0 atom stereocenters. The molecular formula is C28H31N3O5S2. The fraction of sp³-hybridized carbons (Fsp3) is 0.286. The first-order valence-electron chi connectivity index (χ1n) is 12.4. The van der Waals surface area contributed by atoms with Gasteiger partial charge >= 0.3 is 0 Å². The van der Waals surface area contributed by atoms with Crippen LogP contribution in [0.15, 0.2) is 82.6 Å². The Bertz CT molecular complexity index is 1380. The Kier molecular flexibility index (Phi) is 8.96. The molecule has 200 valence electrons. The second kappa shape index (κ2) is 12.4. The van der Waals surface area contributed by atoms with E-state index in [2.05, 4.69) is 5.32 Å². The zero-order valence-electron chi connectivity index (χ0n) is 21.4. The Morgan fingerprint density at radius 3 is 2.45 bits per heavy atom. The number of thioether (sulfide) groups is 1. The third-order valence-corrected chi connectivity index (χ3v) is 8.69. The molecule has 1 heterocycles. The molecule has 38 heavy (non-hydrogen) atoms.